The van der Waals surface area contributed by atoms with Crippen LogP contribution >= 0.6 is 33.2 Å². The minimum absolute atomic E-state index is 0.0274. The first-order valence-corrected chi connectivity index (χ1v) is 10.2. The molecule has 2 rings (SSSR count). The molecule has 0 aliphatic rings. The summed E-state index contributed by atoms with van der Waals surface area (Å²) in [6, 6.07) is 10.2. The first-order chi connectivity index (χ1) is 12.5. The Morgan fingerprint density at radius 1 is 1.35 bits per heavy atom. The topological polar surface area (TPSA) is 94.4 Å². The fourth-order valence-corrected chi connectivity index (χ4v) is 3.80. The molecular formula is C16H16ClN3O4S2. The van der Waals surface area contributed by atoms with Crippen LogP contribution < -0.4 is 5.32 Å². The van der Waals surface area contributed by atoms with Gasteiger partial charge in [0.1, 0.15) is 6.61 Å². The predicted molar refractivity (Wildman–Crippen MR) is 105 cm³/mol. The summed E-state index contributed by atoms with van der Waals surface area (Å²) in [7, 11) is 2.90. The van der Waals surface area contributed by atoms with Crippen LogP contribution in [0.3, 0.4) is 0 Å². The number of nitrogens with zero attached hydrogens (tertiary/aromatic N) is 2. The van der Waals surface area contributed by atoms with E-state index in [1.165, 1.54) is 33.9 Å². The highest BCUT2D eigenvalue weighted by Crippen LogP contribution is 2.34. The number of alkyl halides is 1. The van der Waals surface area contributed by atoms with Crippen LogP contribution in [0.4, 0.5) is 16.3 Å². The average molecular weight is 414 g/mol. The highest BCUT2D eigenvalue weighted by Gasteiger charge is 2.11. The van der Waals surface area contributed by atoms with Gasteiger partial charge in [0.25, 0.3) is 0 Å². The molecule has 0 unspecified atom stereocenters. The third-order valence-corrected chi connectivity index (χ3v) is 6.18. The molecule has 1 N–H and O–H groups in total. The van der Waals surface area contributed by atoms with Crippen LogP contribution in [0, 0.1) is 10.1 Å². The first-order valence-electron chi connectivity index (χ1n) is 7.50. The smallest absolute Gasteiger partial charge is 0.411 e. The lowest BCUT2D eigenvalue weighted by atomic mass is 10.2. The highest BCUT2D eigenvalue weighted by atomic mass is 35.5. The van der Waals surface area contributed by atoms with Crippen molar-refractivity contribution in [1.82, 2.24) is 4.98 Å². The normalized spacial score (nSPS) is 11.6. The first kappa shape index (κ1) is 20.3. The van der Waals surface area contributed by atoms with Crippen LogP contribution in [-0.4, -0.2) is 27.9 Å². The predicted octanol–water partition coefficient (Wildman–Crippen LogP) is 5.11. The van der Waals surface area contributed by atoms with Gasteiger partial charge >= 0.3 is 11.9 Å². The second-order valence-corrected chi connectivity index (χ2v) is 8.13. The Balaban J connectivity index is 1.70. The Kier molecular flexibility index (Phi) is 8.02. The largest absolute Gasteiger partial charge is 0.448 e. The number of rotatable bonds is 8. The molecule has 10 heteroatoms. The zero-order valence-corrected chi connectivity index (χ0v) is 16.1. The lowest BCUT2D eigenvalue weighted by Gasteiger charge is -2.11. The Morgan fingerprint density at radius 2 is 2.08 bits per heavy atom. The van der Waals surface area contributed by atoms with Gasteiger partial charge in [-0.1, -0.05) is 33.7 Å². The summed E-state index contributed by atoms with van der Waals surface area (Å²) in [5.41, 5.74) is 1.60. The van der Waals surface area contributed by atoms with Crippen molar-refractivity contribution in [3.8, 4) is 0 Å². The molecule has 138 valence electrons. The molecule has 0 aliphatic carbocycles. The maximum atomic E-state index is 11.8. The standard InChI is InChI=1S/C16H16ClN3O4S2/c1-11(25-26-14-6-7-15(18-9-14)20(22)23)10-24-16(21)19-13-4-2-12(8-17)3-5-13/h2-7,9,11H,8,10H2,1H3,(H,19,21)/t11-/m1/s1. The van der Waals surface area contributed by atoms with Crippen molar-refractivity contribution in [3.63, 3.8) is 0 Å². The lowest BCUT2D eigenvalue weighted by Crippen LogP contribution is -2.18. The summed E-state index contributed by atoms with van der Waals surface area (Å²) in [4.78, 5) is 26.4. The second-order valence-electron chi connectivity index (χ2n) is 5.15. The molecule has 0 spiro atoms. The van der Waals surface area contributed by atoms with Crippen molar-refractivity contribution in [2.24, 2.45) is 0 Å². The van der Waals surface area contributed by atoms with Gasteiger partial charge in [-0.15, -0.1) is 11.6 Å². The summed E-state index contributed by atoms with van der Waals surface area (Å²) < 4.78 is 5.19. The van der Waals surface area contributed by atoms with E-state index in [0.29, 0.717) is 11.6 Å². The second kappa shape index (κ2) is 10.2. The molecule has 1 heterocycles. The average Bonchev–Trinajstić information content (AvgIpc) is 2.65. The Morgan fingerprint density at radius 3 is 2.65 bits per heavy atom. The molecule has 7 nitrogen and oxygen atoms in total. The number of hydrogen-bond donors (Lipinski definition) is 1. The fourth-order valence-electron chi connectivity index (χ4n) is 1.72. The number of pyridine rings is 1. The molecule has 1 amide bonds. The van der Waals surface area contributed by atoms with E-state index in [9.17, 15) is 14.9 Å². The monoisotopic (exact) mass is 413 g/mol. The van der Waals surface area contributed by atoms with E-state index in [1.54, 1.807) is 18.2 Å². The molecule has 0 radical (unpaired) electrons. The Hall–Kier alpha value is -1.97. The van der Waals surface area contributed by atoms with Crippen LogP contribution in [0.5, 0.6) is 0 Å². The zero-order valence-electron chi connectivity index (χ0n) is 13.8. The summed E-state index contributed by atoms with van der Waals surface area (Å²) in [6.07, 6.45) is 0.915. The molecule has 1 aromatic heterocycles. The molecule has 1 atom stereocenters. The number of amides is 1. The summed E-state index contributed by atoms with van der Waals surface area (Å²) in [5.74, 6) is 0.230. The van der Waals surface area contributed by atoms with Gasteiger partial charge in [-0.2, -0.15) is 0 Å². The van der Waals surface area contributed by atoms with Gasteiger partial charge < -0.3 is 14.9 Å². The van der Waals surface area contributed by atoms with Crippen molar-refractivity contribution >= 4 is 50.8 Å². The Bertz CT molecular complexity index is 744. The Labute approximate surface area is 163 Å². The van der Waals surface area contributed by atoms with Crippen molar-refractivity contribution in [1.29, 1.82) is 0 Å². The van der Waals surface area contributed by atoms with E-state index in [0.717, 1.165) is 10.5 Å². The summed E-state index contributed by atoms with van der Waals surface area (Å²) in [5, 5.41) is 13.2. The number of carbonyl (C=O) groups is 1. The molecular weight excluding hydrogens is 398 g/mol. The van der Waals surface area contributed by atoms with Gasteiger partial charge in [-0.3, -0.25) is 5.32 Å². The number of hydrogen-bond acceptors (Lipinski definition) is 7. The number of aromatic nitrogens is 1. The highest BCUT2D eigenvalue weighted by molar-refractivity contribution is 8.76. The van der Waals surface area contributed by atoms with Crippen LogP contribution in [0.1, 0.15) is 12.5 Å². The van der Waals surface area contributed by atoms with E-state index in [4.69, 9.17) is 16.3 Å². The maximum absolute atomic E-state index is 11.8. The van der Waals surface area contributed by atoms with Gasteiger partial charge in [0.2, 0.25) is 0 Å². The van der Waals surface area contributed by atoms with Crippen LogP contribution in [0.25, 0.3) is 0 Å². The van der Waals surface area contributed by atoms with E-state index < -0.39 is 11.0 Å². The van der Waals surface area contributed by atoms with Crippen LogP contribution in [0.15, 0.2) is 47.5 Å². The number of anilines is 1. The number of ether oxygens (including phenoxy) is 1. The SMILES string of the molecule is C[C@H](COC(=O)Nc1ccc(CCl)cc1)SSc1ccc([N+](=O)[O-])nc1. The van der Waals surface area contributed by atoms with E-state index >= 15 is 0 Å². The third kappa shape index (κ3) is 6.74. The molecule has 0 saturated heterocycles. The number of carbonyl (C=O) groups excluding carboxylic acids is 1. The molecule has 1 aromatic carbocycles. The summed E-state index contributed by atoms with van der Waals surface area (Å²) >= 11 is 5.71. The summed E-state index contributed by atoms with van der Waals surface area (Å²) in [6.45, 7) is 2.14. The van der Waals surface area contributed by atoms with E-state index in [2.05, 4.69) is 10.3 Å². The van der Waals surface area contributed by atoms with Crippen molar-refractivity contribution in [2.45, 2.75) is 22.9 Å². The van der Waals surface area contributed by atoms with Gasteiger partial charge in [0, 0.05) is 22.9 Å². The van der Waals surface area contributed by atoms with Crippen molar-refractivity contribution in [2.75, 3.05) is 11.9 Å². The van der Waals surface area contributed by atoms with E-state index in [1.807, 2.05) is 19.1 Å². The zero-order chi connectivity index (χ0) is 18.9. The molecule has 0 bridgehead atoms. The van der Waals surface area contributed by atoms with Gasteiger partial charge in [-0.05, 0) is 40.6 Å². The van der Waals surface area contributed by atoms with Crippen LogP contribution in [0.2, 0.25) is 0 Å². The minimum Gasteiger partial charge on any atom is -0.448 e. The molecule has 0 aliphatic heterocycles. The number of benzene rings is 1. The number of nitrogens with one attached hydrogen (secondary N) is 1. The number of halogens is 1. The maximum Gasteiger partial charge on any atom is 0.411 e. The molecule has 0 fully saturated rings. The quantitative estimate of drug-likeness (QED) is 0.278. The van der Waals surface area contributed by atoms with Crippen molar-refractivity contribution in [3.05, 3.63) is 58.3 Å². The fraction of sp³-hybridized carbons (Fsp3) is 0.250. The van der Waals surface area contributed by atoms with Crippen LogP contribution in [-0.2, 0) is 10.6 Å². The lowest BCUT2D eigenvalue weighted by molar-refractivity contribution is -0.389. The van der Waals surface area contributed by atoms with Gasteiger partial charge in [0.05, 0.1) is 4.90 Å². The number of nitro groups is 1. The molecule has 26 heavy (non-hydrogen) atoms. The van der Waals surface area contributed by atoms with Gasteiger partial charge in [0.15, 0.2) is 6.20 Å². The molecule has 2 aromatic rings. The molecule has 0 saturated carbocycles. The van der Waals surface area contributed by atoms with E-state index in [-0.39, 0.29) is 17.7 Å². The van der Waals surface area contributed by atoms with Gasteiger partial charge in [-0.25, -0.2) is 4.79 Å². The van der Waals surface area contributed by atoms with Crippen molar-refractivity contribution < 1.29 is 14.5 Å². The third-order valence-electron chi connectivity index (χ3n) is 3.02. The minimum atomic E-state index is -0.542.